The summed E-state index contributed by atoms with van der Waals surface area (Å²) in [5.74, 6) is 1.89. The van der Waals surface area contributed by atoms with Gasteiger partial charge >= 0.3 is 0 Å². The maximum Gasteiger partial charge on any atom is 0.191 e. The number of nitrogens with zero attached hydrogens (tertiary/aromatic N) is 3. The van der Waals surface area contributed by atoms with Crippen LogP contribution in [0.4, 0.5) is 0 Å². The van der Waals surface area contributed by atoms with E-state index in [0.717, 1.165) is 28.8 Å². The number of hydrogen-bond acceptors (Lipinski definition) is 5. The summed E-state index contributed by atoms with van der Waals surface area (Å²) in [5.41, 5.74) is 0.967. The molecular formula is C15H23N5OS. The average molecular weight is 321 g/mol. The number of aromatic nitrogens is 2. The molecule has 0 aromatic carbocycles. The minimum atomic E-state index is 0.368. The minimum Gasteiger partial charge on any atom is -0.359 e. The summed E-state index contributed by atoms with van der Waals surface area (Å²) in [4.78, 5) is 9.87. The van der Waals surface area contributed by atoms with Crippen molar-refractivity contribution < 1.29 is 4.52 Å². The van der Waals surface area contributed by atoms with E-state index in [2.05, 4.69) is 46.5 Å². The first-order valence-corrected chi connectivity index (χ1v) is 8.27. The summed E-state index contributed by atoms with van der Waals surface area (Å²) >= 11 is 1.72. The Kier molecular flexibility index (Phi) is 5.94. The molecule has 0 aliphatic rings. The Morgan fingerprint density at radius 1 is 1.36 bits per heavy atom. The molecule has 0 aliphatic carbocycles. The van der Waals surface area contributed by atoms with Crippen LogP contribution in [0.5, 0.6) is 0 Å². The fourth-order valence-electron chi connectivity index (χ4n) is 1.83. The number of thiazole rings is 1. The molecule has 22 heavy (non-hydrogen) atoms. The molecule has 0 bridgehead atoms. The number of hydrogen-bond donors (Lipinski definition) is 2. The van der Waals surface area contributed by atoms with E-state index in [1.54, 1.807) is 18.4 Å². The Morgan fingerprint density at radius 2 is 2.14 bits per heavy atom. The van der Waals surface area contributed by atoms with E-state index in [0.29, 0.717) is 19.0 Å². The van der Waals surface area contributed by atoms with Crippen LogP contribution >= 0.6 is 11.3 Å². The SMILES string of the molecule is CCc1cnc(CNC(=NC)NCc2cc(C(C)C)no2)s1. The van der Waals surface area contributed by atoms with Gasteiger partial charge in [0.15, 0.2) is 11.7 Å². The maximum atomic E-state index is 5.30. The van der Waals surface area contributed by atoms with Crippen molar-refractivity contribution in [2.24, 2.45) is 4.99 Å². The molecule has 2 N–H and O–H groups in total. The molecule has 2 aromatic heterocycles. The van der Waals surface area contributed by atoms with Gasteiger partial charge in [0.2, 0.25) is 0 Å². The lowest BCUT2D eigenvalue weighted by molar-refractivity contribution is 0.372. The van der Waals surface area contributed by atoms with Crippen LogP contribution in [0.3, 0.4) is 0 Å². The van der Waals surface area contributed by atoms with Crippen molar-refractivity contribution in [1.29, 1.82) is 0 Å². The molecule has 0 unspecified atom stereocenters. The minimum absolute atomic E-state index is 0.368. The van der Waals surface area contributed by atoms with E-state index in [9.17, 15) is 0 Å². The van der Waals surface area contributed by atoms with Gasteiger partial charge in [0.1, 0.15) is 5.01 Å². The van der Waals surface area contributed by atoms with Gasteiger partial charge in [-0.2, -0.15) is 0 Å². The van der Waals surface area contributed by atoms with Gasteiger partial charge in [-0.25, -0.2) is 4.98 Å². The van der Waals surface area contributed by atoms with E-state index < -0.39 is 0 Å². The zero-order valence-corrected chi connectivity index (χ0v) is 14.3. The first-order chi connectivity index (χ1) is 10.6. The first-order valence-electron chi connectivity index (χ1n) is 7.46. The molecule has 120 valence electrons. The fraction of sp³-hybridized carbons (Fsp3) is 0.533. The quantitative estimate of drug-likeness (QED) is 0.632. The van der Waals surface area contributed by atoms with Crippen LogP contribution < -0.4 is 10.6 Å². The third-order valence-electron chi connectivity index (χ3n) is 3.18. The lowest BCUT2D eigenvalue weighted by Gasteiger charge is -2.09. The monoisotopic (exact) mass is 321 g/mol. The third-order valence-corrected chi connectivity index (χ3v) is 4.32. The van der Waals surface area contributed by atoms with Crippen molar-refractivity contribution in [1.82, 2.24) is 20.8 Å². The van der Waals surface area contributed by atoms with Crippen LogP contribution in [0.1, 0.15) is 48.0 Å². The predicted octanol–water partition coefficient (Wildman–Crippen LogP) is 2.68. The summed E-state index contributed by atoms with van der Waals surface area (Å²) < 4.78 is 5.30. The largest absolute Gasteiger partial charge is 0.359 e. The molecular weight excluding hydrogens is 298 g/mol. The van der Waals surface area contributed by atoms with Crippen LogP contribution in [0.2, 0.25) is 0 Å². The fourth-order valence-corrected chi connectivity index (χ4v) is 2.63. The normalized spacial score (nSPS) is 12.0. The van der Waals surface area contributed by atoms with Crippen molar-refractivity contribution in [3.05, 3.63) is 33.6 Å². The summed E-state index contributed by atoms with van der Waals surface area (Å²) in [6.07, 6.45) is 2.95. The van der Waals surface area contributed by atoms with Gasteiger partial charge in [0, 0.05) is 24.2 Å². The third kappa shape index (κ3) is 4.56. The second kappa shape index (κ2) is 7.93. The Labute approximate surface area is 135 Å². The number of rotatable bonds is 6. The van der Waals surface area contributed by atoms with Gasteiger partial charge in [-0.05, 0) is 12.3 Å². The summed E-state index contributed by atoms with van der Waals surface area (Å²) in [6, 6.07) is 1.97. The molecule has 0 atom stereocenters. The number of aryl methyl sites for hydroxylation is 1. The van der Waals surface area contributed by atoms with E-state index in [-0.39, 0.29) is 0 Å². The zero-order chi connectivity index (χ0) is 15.9. The van der Waals surface area contributed by atoms with Gasteiger partial charge in [0.05, 0.1) is 18.8 Å². The lowest BCUT2D eigenvalue weighted by atomic mass is 10.1. The maximum absolute atomic E-state index is 5.30. The molecule has 2 rings (SSSR count). The summed E-state index contributed by atoms with van der Waals surface area (Å²) in [5, 5.41) is 11.6. The molecule has 7 heteroatoms. The molecule has 0 amide bonds. The van der Waals surface area contributed by atoms with E-state index in [1.807, 2.05) is 12.3 Å². The van der Waals surface area contributed by atoms with Gasteiger partial charge in [-0.3, -0.25) is 4.99 Å². The van der Waals surface area contributed by atoms with Crippen molar-refractivity contribution in [2.75, 3.05) is 7.05 Å². The van der Waals surface area contributed by atoms with Crippen LogP contribution in [0, 0.1) is 0 Å². The molecule has 0 radical (unpaired) electrons. The molecule has 2 aromatic rings. The number of nitrogens with one attached hydrogen (secondary N) is 2. The molecule has 0 spiro atoms. The van der Waals surface area contributed by atoms with Crippen LogP contribution in [-0.2, 0) is 19.5 Å². The lowest BCUT2D eigenvalue weighted by Crippen LogP contribution is -2.36. The second-order valence-corrected chi connectivity index (χ2v) is 6.43. The van der Waals surface area contributed by atoms with Crippen molar-refractivity contribution >= 4 is 17.3 Å². The highest BCUT2D eigenvalue weighted by Crippen LogP contribution is 2.14. The Balaban J connectivity index is 1.81. The van der Waals surface area contributed by atoms with Crippen LogP contribution in [0.25, 0.3) is 0 Å². The highest BCUT2D eigenvalue weighted by Gasteiger charge is 2.08. The van der Waals surface area contributed by atoms with Gasteiger partial charge in [0.25, 0.3) is 0 Å². The molecule has 0 fully saturated rings. The van der Waals surface area contributed by atoms with Crippen molar-refractivity contribution in [3.8, 4) is 0 Å². The van der Waals surface area contributed by atoms with E-state index >= 15 is 0 Å². The zero-order valence-electron chi connectivity index (χ0n) is 13.5. The summed E-state index contributed by atoms with van der Waals surface area (Å²) in [7, 11) is 1.74. The number of aliphatic imine (C=N–C) groups is 1. The van der Waals surface area contributed by atoms with Gasteiger partial charge < -0.3 is 15.2 Å². The molecule has 0 saturated heterocycles. The summed E-state index contributed by atoms with van der Waals surface area (Å²) in [6.45, 7) is 7.53. The molecule has 0 aliphatic heterocycles. The molecule has 6 nitrogen and oxygen atoms in total. The Bertz CT molecular complexity index is 617. The highest BCUT2D eigenvalue weighted by atomic mass is 32.1. The van der Waals surface area contributed by atoms with Gasteiger partial charge in [-0.15, -0.1) is 11.3 Å². The average Bonchev–Trinajstić information content (AvgIpc) is 3.16. The van der Waals surface area contributed by atoms with E-state index in [4.69, 9.17) is 4.52 Å². The molecule has 2 heterocycles. The topological polar surface area (TPSA) is 75.3 Å². The highest BCUT2D eigenvalue weighted by molar-refractivity contribution is 7.11. The Hall–Kier alpha value is -1.89. The Morgan fingerprint density at radius 3 is 2.73 bits per heavy atom. The smallest absolute Gasteiger partial charge is 0.191 e. The van der Waals surface area contributed by atoms with Gasteiger partial charge in [-0.1, -0.05) is 25.9 Å². The van der Waals surface area contributed by atoms with E-state index in [1.165, 1.54) is 4.88 Å². The number of guanidine groups is 1. The first kappa shape index (κ1) is 16.5. The van der Waals surface area contributed by atoms with Crippen LogP contribution in [0.15, 0.2) is 21.8 Å². The van der Waals surface area contributed by atoms with Crippen LogP contribution in [-0.4, -0.2) is 23.1 Å². The van der Waals surface area contributed by atoms with Crippen molar-refractivity contribution in [3.63, 3.8) is 0 Å². The van der Waals surface area contributed by atoms with Crippen molar-refractivity contribution in [2.45, 2.75) is 46.2 Å². The molecule has 0 saturated carbocycles. The standard InChI is InChI=1S/C15H23N5OS/c1-5-12-8-17-14(22-12)9-19-15(16-4)18-7-11-6-13(10(2)3)20-21-11/h6,8,10H,5,7,9H2,1-4H3,(H2,16,18,19). The predicted molar refractivity (Wildman–Crippen MR) is 89.1 cm³/mol. The second-order valence-electron chi connectivity index (χ2n) is 5.23.